The van der Waals surface area contributed by atoms with Crippen LogP contribution in [0.1, 0.15) is 27.7 Å². The Morgan fingerprint density at radius 2 is 1.85 bits per heavy atom. The summed E-state index contributed by atoms with van der Waals surface area (Å²) in [5, 5.41) is 9.56. The second-order valence-electron chi connectivity index (χ2n) is 5.76. The minimum Gasteiger partial charge on any atom is -0.302 e. The van der Waals surface area contributed by atoms with Crippen LogP contribution in [-0.4, -0.2) is 33.5 Å². The van der Waals surface area contributed by atoms with Crippen LogP contribution in [0.5, 0.6) is 0 Å². The van der Waals surface area contributed by atoms with Crippen molar-refractivity contribution in [2.45, 2.75) is 12.3 Å². The zero-order chi connectivity index (χ0) is 19.9. The summed E-state index contributed by atoms with van der Waals surface area (Å²) in [5.74, 6) is -2.74. The van der Waals surface area contributed by atoms with Crippen molar-refractivity contribution >= 4 is 23.4 Å². The predicted molar refractivity (Wildman–Crippen MR) is 85.3 cm³/mol. The molecule has 1 aliphatic rings. The molecule has 0 radical (unpaired) electrons. The van der Waals surface area contributed by atoms with Gasteiger partial charge in [0, 0.05) is 0 Å². The first kappa shape index (κ1) is 19.1. The fraction of sp³-hybridized carbons (Fsp3) is 0.176. The lowest BCUT2D eigenvalue weighted by Gasteiger charge is -2.27. The number of hydroxylamine groups is 2. The molecule has 1 fully saturated rings. The molecule has 10 heteroatoms. The van der Waals surface area contributed by atoms with Gasteiger partial charge < -0.3 is 4.90 Å². The van der Waals surface area contributed by atoms with Gasteiger partial charge in [0.1, 0.15) is 12.4 Å². The van der Waals surface area contributed by atoms with Gasteiger partial charge in [-0.2, -0.15) is 18.2 Å². The van der Waals surface area contributed by atoms with Crippen molar-refractivity contribution in [3.8, 4) is 0 Å². The molecule has 1 saturated heterocycles. The number of rotatable bonds is 2. The SMILES string of the molecule is O=C1CN(C(=O)c2ccccc2F)C(c2ccc(Cl)c(C(F)(F)F)c2)N1O. The number of benzene rings is 2. The number of halogens is 5. The standard InChI is InChI=1S/C17H11ClF4N2O3/c18-12-6-5-9(7-11(12)17(20,21)22)15-23(8-14(25)24(15)27)16(26)10-3-1-2-4-13(10)19/h1-7,15,27H,8H2. The highest BCUT2D eigenvalue weighted by atomic mass is 35.5. The first-order valence-corrected chi connectivity index (χ1v) is 7.92. The van der Waals surface area contributed by atoms with Crippen molar-refractivity contribution < 1.29 is 32.4 Å². The Morgan fingerprint density at radius 3 is 2.48 bits per heavy atom. The van der Waals surface area contributed by atoms with E-state index in [1.807, 2.05) is 0 Å². The lowest BCUT2D eigenvalue weighted by atomic mass is 10.1. The van der Waals surface area contributed by atoms with Gasteiger partial charge in [-0.25, -0.2) is 4.39 Å². The molecule has 0 saturated carbocycles. The predicted octanol–water partition coefficient (Wildman–Crippen LogP) is 3.87. The van der Waals surface area contributed by atoms with Crippen LogP contribution in [0.2, 0.25) is 5.02 Å². The maximum absolute atomic E-state index is 13.9. The van der Waals surface area contributed by atoms with Gasteiger partial charge in [-0.05, 0) is 29.8 Å². The molecule has 1 atom stereocenters. The molecule has 0 spiro atoms. The summed E-state index contributed by atoms with van der Waals surface area (Å²) in [6.45, 7) is -0.627. The van der Waals surface area contributed by atoms with Crippen molar-refractivity contribution in [3.05, 3.63) is 70.0 Å². The van der Waals surface area contributed by atoms with Crippen LogP contribution in [0, 0.1) is 5.82 Å². The first-order chi connectivity index (χ1) is 12.6. The highest BCUT2D eigenvalue weighted by molar-refractivity contribution is 6.31. The Labute approximate surface area is 155 Å². The zero-order valence-electron chi connectivity index (χ0n) is 13.4. The summed E-state index contributed by atoms with van der Waals surface area (Å²) < 4.78 is 53.2. The topological polar surface area (TPSA) is 60.9 Å². The maximum atomic E-state index is 13.9. The minimum atomic E-state index is -4.78. The molecule has 0 aromatic heterocycles. The Morgan fingerprint density at radius 1 is 1.19 bits per heavy atom. The highest BCUT2D eigenvalue weighted by Crippen LogP contribution is 2.39. The van der Waals surface area contributed by atoms with Crippen LogP contribution in [0.3, 0.4) is 0 Å². The lowest BCUT2D eigenvalue weighted by molar-refractivity contribution is -0.168. The molecule has 142 valence electrons. The molecule has 1 unspecified atom stereocenters. The molecule has 3 rings (SSSR count). The molecular formula is C17H11ClF4N2O3. The highest BCUT2D eigenvalue weighted by Gasteiger charge is 2.43. The van der Waals surface area contributed by atoms with Gasteiger partial charge in [0.05, 0.1) is 16.1 Å². The van der Waals surface area contributed by atoms with Crippen LogP contribution >= 0.6 is 11.6 Å². The van der Waals surface area contributed by atoms with E-state index in [0.29, 0.717) is 6.07 Å². The van der Waals surface area contributed by atoms with Crippen LogP contribution < -0.4 is 0 Å². The number of amides is 2. The normalized spacial score (nSPS) is 17.6. The molecule has 2 amide bonds. The van der Waals surface area contributed by atoms with E-state index >= 15 is 0 Å². The second-order valence-corrected chi connectivity index (χ2v) is 6.17. The van der Waals surface area contributed by atoms with Crippen molar-refractivity contribution in [2.75, 3.05) is 6.54 Å². The summed E-state index contributed by atoms with van der Waals surface area (Å²) in [6.07, 6.45) is -6.33. The molecule has 1 heterocycles. The maximum Gasteiger partial charge on any atom is 0.417 e. The minimum absolute atomic E-state index is 0.141. The van der Waals surface area contributed by atoms with E-state index in [-0.39, 0.29) is 16.2 Å². The number of hydrogen-bond donors (Lipinski definition) is 1. The number of carbonyl (C=O) groups is 2. The average molecular weight is 403 g/mol. The van der Waals surface area contributed by atoms with Crippen LogP contribution in [0.15, 0.2) is 42.5 Å². The Bertz CT molecular complexity index is 919. The van der Waals surface area contributed by atoms with Gasteiger partial charge in [-0.15, -0.1) is 0 Å². The molecule has 27 heavy (non-hydrogen) atoms. The van der Waals surface area contributed by atoms with E-state index in [2.05, 4.69) is 0 Å². The summed E-state index contributed by atoms with van der Waals surface area (Å²) in [7, 11) is 0. The van der Waals surface area contributed by atoms with E-state index in [0.717, 1.165) is 23.1 Å². The van der Waals surface area contributed by atoms with Crippen molar-refractivity contribution in [3.63, 3.8) is 0 Å². The number of carbonyl (C=O) groups excluding carboxylic acids is 2. The van der Waals surface area contributed by atoms with E-state index in [4.69, 9.17) is 11.6 Å². The van der Waals surface area contributed by atoms with Crippen LogP contribution in [-0.2, 0) is 11.0 Å². The van der Waals surface area contributed by atoms with Gasteiger partial charge in [-0.1, -0.05) is 29.8 Å². The van der Waals surface area contributed by atoms with E-state index in [9.17, 15) is 32.4 Å². The third-order valence-corrected chi connectivity index (χ3v) is 4.38. The molecule has 1 N–H and O–H groups in total. The monoisotopic (exact) mass is 402 g/mol. The molecule has 2 aromatic carbocycles. The molecular weight excluding hydrogens is 392 g/mol. The second kappa shape index (κ2) is 6.82. The first-order valence-electron chi connectivity index (χ1n) is 7.54. The quantitative estimate of drug-likeness (QED) is 0.613. The number of alkyl halides is 3. The molecule has 1 aliphatic heterocycles. The van der Waals surface area contributed by atoms with Gasteiger partial charge in [0.15, 0.2) is 6.17 Å². The van der Waals surface area contributed by atoms with Gasteiger partial charge in [-0.3, -0.25) is 14.8 Å². The van der Waals surface area contributed by atoms with Gasteiger partial charge in [0.2, 0.25) is 0 Å². The summed E-state index contributed by atoms with van der Waals surface area (Å²) in [4.78, 5) is 25.3. The third kappa shape index (κ3) is 3.47. The van der Waals surface area contributed by atoms with E-state index < -0.39 is 47.1 Å². The number of nitrogens with zero attached hydrogens (tertiary/aromatic N) is 2. The van der Waals surface area contributed by atoms with Gasteiger partial charge in [0.25, 0.3) is 11.8 Å². The summed E-state index contributed by atoms with van der Waals surface area (Å²) >= 11 is 5.58. The fourth-order valence-corrected chi connectivity index (χ4v) is 3.01. The third-order valence-electron chi connectivity index (χ3n) is 4.05. The van der Waals surface area contributed by atoms with Crippen LogP contribution in [0.25, 0.3) is 0 Å². The fourth-order valence-electron chi connectivity index (χ4n) is 2.79. The van der Waals surface area contributed by atoms with Crippen molar-refractivity contribution in [2.24, 2.45) is 0 Å². The summed E-state index contributed by atoms with van der Waals surface area (Å²) in [5.41, 5.74) is -1.77. The van der Waals surface area contributed by atoms with Gasteiger partial charge >= 0.3 is 6.18 Å². The number of hydrogen-bond acceptors (Lipinski definition) is 3. The Hall–Kier alpha value is -2.65. The zero-order valence-corrected chi connectivity index (χ0v) is 14.1. The summed E-state index contributed by atoms with van der Waals surface area (Å²) in [6, 6.07) is 7.67. The molecule has 2 aromatic rings. The van der Waals surface area contributed by atoms with Crippen molar-refractivity contribution in [1.29, 1.82) is 0 Å². The molecule has 0 bridgehead atoms. The lowest BCUT2D eigenvalue weighted by Crippen LogP contribution is -2.35. The van der Waals surface area contributed by atoms with Crippen molar-refractivity contribution in [1.82, 2.24) is 9.96 Å². The largest absolute Gasteiger partial charge is 0.417 e. The van der Waals surface area contributed by atoms with Crippen LogP contribution in [0.4, 0.5) is 17.6 Å². The van der Waals surface area contributed by atoms with E-state index in [1.165, 1.54) is 18.2 Å². The average Bonchev–Trinajstić information content (AvgIpc) is 2.89. The smallest absolute Gasteiger partial charge is 0.302 e. The molecule has 0 aliphatic carbocycles. The Kier molecular flexibility index (Phi) is 4.83. The Balaban J connectivity index is 2.06. The molecule has 5 nitrogen and oxygen atoms in total. The van der Waals surface area contributed by atoms with E-state index in [1.54, 1.807) is 0 Å².